The zero-order chi connectivity index (χ0) is 17.8. The number of rotatable bonds is 6. The Morgan fingerprint density at radius 1 is 1.36 bits per heavy atom. The summed E-state index contributed by atoms with van der Waals surface area (Å²) in [4.78, 5) is 14.0. The van der Waals surface area contributed by atoms with Gasteiger partial charge in [0, 0.05) is 56.8 Å². The van der Waals surface area contributed by atoms with Crippen LogP contribution in [0.4, 0.5) is 5.82 Å². The van der Waals surface area contributed by atoms with E-state index < -0.39 is 0 Å². The number of anilines is 1. The molecule has 2 heterocycles. The molecule has 0 bridgehead atoms. The van der Waals surface area contributed by atoms with E-state index in [9.17, 15) is 4.79 Å². The number of hydrogen-bond acceptors (Lipinski definition) is 4. The van der Waals surface area contributed by atoms with Crippen LogP contribution in [0, 0.1) is 5.92 Å². The van der Waals surface area contributed by atoms with Crippen molar-refractivity contribution in [2.45, 2.75) is 33.0 Å². The Labute approximate surface area is 149 Å². The summed E-state index contributed by atoms with van der Waals surface area (Å²) in [7, 11) is 1.84. The highest BCUT2D eigenvalue weighted by Gasteiger charge is 2.18. The highest BCUT2D eigenvalue weighted by molar-refractivity contribution is 5.94. The van der Waals surface area contributed by atoms with Gasteiger partial charge in [-0.25, -0.2) is 4.68 Å². The molecule has 3 rings (SSSR count). The number of hydrogen-bond donors (Lipinski definition) is 2. The average Bonchev–Trinajstić information content (AvgIpc) is 3.09. The van der Waals surface area contributed by atoms with E-state index in [2.05, 4.69) is 15.7 Å². The van der Waals surface area contributed by atoms with Crippen LogP contribution in [0.1, 0.15) is 29.8 Å². The molecule has 0 spiro atoms. The lowest BCUT2D eigenvalue weighted by molar-refractivity contribution is 0.0755. The minimum absolute atomic E-state index is 0.0674. The van der Waals surface area contributed by atoms with Crippen molar-refractivity contribution in [3.8, 4) is 0 Å². The van der Waals surface area contributed by atoms with Crippen LogP contribution < -0.4 is 10.6 Å². The molecule has 1 aliphatic heterocycles. The predicted molar refractivity (Wildman–Crippen MR) is 99.6 cm³/mol. The summed E-state index contributed by atoms with van der Waals surface area (Å²) in [5.74, 6) is 1.69. The molecule has 0 fully saturated rings. The maximum absolute atomic E-state index is 12.3. The summed E-state index contributed by atoms with van der Waals surface area (Å²) in [6.07, 6.45) is 1.83. The molecular formula is C19H27N5O. The number of benzene rings is 1. The number of amides is 1. The van der Waals surface area contributed by atoms with Gasteiger partial charge in [-0.15, -0.1) is 0 Å². The van der Waals surface area contributed by atoms with E-state index in [4.69, 9.17) is 0 Å². The van der Waals surface area contributed by atoms with Gasteiger partial charge in [0.2, 0.25) is 0 Å². The quantitative estimate of drug-likeness (QED) is 0.845. The number of carbonyl (C=O) groups is 1. The fourth-order valence-corrected chi connectivity index (χ4v) is 2.95. The Bertz CT molecular complexity index is 707. The lowest BCUT2D eigenvalue weighted by Crippen LogP contribution is -2.35. The van der Waals surface area contributed by atoms with Crippen molar-refractivity contribution >= 4 is 11.7 Å². The van der Waals surface area contributed by atoms with Crippen molar-refractivity contribution in [1.82, 2.24) is 20.0 Å². The Balaban J connectivity index is 1.47. The van der Waals surface area contributed by atoms with Gasteiger partial charge in [-0.2, -0.15) is 5.10 Å². The van der Waals surface area contributed by atoms with Gasteiger partial charge in [0.25, 0.3) is 5.91 Å². The van der Waals surface area contributed by atoms with Crippen LogP contribution >= 0.6 is 0 Å². The molecule has 0 aliphatic carbocycles. The van der Waals surface area contributed by atoms with E-state index >= 15 is 0 Å². The largest absolute Gasteiger partial charge is 0.370 e. The lowest BCUT2D eigenvalue weighted by atomic mass is 10.1. The Kier molecular flexibility index (Phi) is 5.38. The van der Waals surface area contributed by atoms with Crippen LogP contribution in [0.25, 0.3) is 0 Å². The van der Waals surface area contributed by atoms with Crippen LogP contribution in [0.2, 0.25) is 0 Å². The van der Waals surface area contributed by atoms with Gasteiger partial charge in [-0.05, 0) is 31.5 Å². The number of nitrogens with one attached hydrogen (secondary N) is 2. The van der Waals surface area contributed by atoms with Crippen molar-refractivity contribution in [1.29, 1.82) is 0 Å². The van der Waals surface area contributed by atoms with Crippen LogP contribution in [0.3, 0.4) is 0 Å². The van der Waals surface area contributed by atoms with E-state index in [-0.39, 0.29) is 11.9 Å². The average molecular weight is 341 g/mol. The highest BCUT2D eigenvalue weighted by Crippen LogP contribution is 2.16. The Morgan fingerprint density at radius 3 is 2.84 bits per heavy atom. The molecule has 1 amide bonds. The van der Waals surface area contributed by atoms with Crippen molar-refractivity contribution in [2.75, 3.05) is 25.5 Å². The number of carbonyl (C=O) groups excluding carboxylic acids is 1. The normalized spacial score (nSPS) is 16.4. The van der Waals surface area contributed by atoms with Gasteiger partial charge in [0.15, 0.2) is 0 Å². The zero-order valence-corrected chi connectivity index (χ0v) is 15.2. The third kappa shape index (κ3) is 4.20. The SMILES string of the molecule is CC(C)N(C)C(=O)c1ccc(CNCC2CNc3ccnn3C2)cc1. The molecule has 1 aliphatic rings. The van der Waals surface area contributed by atoms with Gasteiger partial charge < -0.3 is 15.5 Å². The molecule has 6 nitrogen and oxygen atoms in total. The first-order valence-electron chi connectivity index (χ1n) is 8.87. The third-order valence-corrected chi connectivity index (χ3v) is 4.78. The zero-order valence-electron chi connectivity index (χ0n) is 15.2. The second-order valence-corrected chi connectivity index (χ2v) is 6.98. The summed E-state index contributed by atoms with van der Waals surface area (Å²) in [6, 6.07) is 10.1. The third-order valence-electron chi connectivity index (χ3n) is 4.78. The summed E-state index contributed by atoms with van der Waals surface area (Å²) in [5, 5.41) is 11.2. The van der Waals surface area contributed by atoms with E-state index in [1.165, 1.54) is 5.56 Å². The maximum Gasteiger partial charge on any atom is 0.253 e. The summed E-state index contributed by atoms with van der Waals surface area (Å²) >= 11 is 0. The van der Waals surface area contributed by atoms with Crippen molar-refractivity contribution in [2.24, 2.45) is 5.92 Å². The monoisotopic (exact) mass is 341 g/mol. The summed E-state index contributed by atoms with van der Waals surface area (Å²) in [5.41, 5.74) is 1.93. The van der Waals surface area contributed by atoms with Gasteiger partial charge in [0.05, 0.1) is 6.20 Å². The first-order chi connectivity index (χ1) is 12.0. The van der Waals surface area contributed by atoms with Crippen LogP contribution in [-0.4, -0.2) is 46.8 Å². The smallest absolute Gasteiger partial charge is 0.253 e. The molecule has 0 radical (unpaired) electrons. The van der Waals surface area contributed by atoms with E-state index in [1.54, 1.807) is 4.90 Å². The standard InChI is InChI=1S/C19H27N5O/c1-14(2)23(3)19(25)17-6-4-15(5-7-17)10-20-11-16-12-21-18-8-9-22-24(18)13-16/h4-9,14,16,20-21H,10-13H2,1-3H3. The van der Waals surface area contributed by atoms with Crippen LogP contribution in [-0.2, 0) is 13.1 Å². The minimum Gasteiger partial charge on any atom is -0.370 e. The van der Waals surface area contributed by atoms with Gasteiger partial charge in [-0.3, -0.25) is 4.79 Å². The Hall–Kier alpha value is -2.34. The van der Waals surface area contributed by atoms with Crippen LogP contribution in [0.5, 0.6) is 0 Å². The van der Waals surface area contributed by atoms with E-state index in [0.717, 1.165) is 37.6 Å². The van der Waals surface area contributed by atoms with Crippen molar-refractivity contribution < 1.29 is 4.79 Å². The molecule has 1 atom stereocenters. The van der Waals surface area contributed by atoms with E-state index in [1.807, 2.05) is 62.1 Å². The molecule has 1 aromatic heterocycles. The number of fused-ring (bicyclic) bond motifs is 1. The topological polar surface area (TPSA) is 62.2 Å². The van der Waals surface area contributed by atoms with Gasteiger partial charge in [0.1, 0.15) is 5.82 Å². The molecular weight excluding hydrogens is 314 g/mol. The molecule has 2 aromatic rings. The number of nitrogens with zero attached hydrogens (tertiary/aromatic N) is 3. The predicted octanol–water partition coefficient (Wildman–Crippen LogP) is 2.19. The first kappa shape index (κ1) is 17.5. The van der Waals surface area contributed by atoms with Crippen molar-refractivity contribution in [3.63, 3.8) is 0 Å². The highest BCUT2D eigenvalue weighted by atomic mass is 16.2. The fourth-order valence-electron chi connectivity index (χ4n) is 2.95. The van der Waals surface area contributed by atoms with E-state index in [0.29, 0.717) is 5.92 Å². The maximum atomic E-state index is 12.3. The molecule has 2 N–H and O–H groups in total. The van der Waals surface area contributed by atoms with Crippen molar-refractivity contribution in [3.05, 3.63) is 47.7 Å². The summed E-state index contributed by atoms with van der Waals surface area (Å²) < 4.78 is 2.02. The molecule has 25 heavy (non-hydrogen) atoms. The first-order valence-corrected chi connectivity index (χ1v) is 8.87. The second kappa shape index (κ2) is 7.70. The molecule has 0 saturated carbocycles. The molecule has 1 unspecified atom stereocenters. The Morgan fingerprint density at radius 2 is 2.12 bits per heavy atom. The van der Waals surface area contributed by atoms with Gasteiger partial charge >= 0.3 is 0 Å². The molecule has 6 heteroatoms. The van der Waals surface area contributed by atoms with Crippen LogP contribution in [0.15, 0.2) is 36.5 Å². The molecule has 0 saturated heterocycles. The lowest BCUT2D eigenvalue weighted by Gasteiger charge is -2.25. The fraction of sp³-hybridized carbons (Fsp3) is 0.474. The minimum atomic E-state index is 0.0674. The second-order valence-electron chi connectivity index (χ2n) is 6.98. The number of aromatic nitrogens is 2. The molecule has 134 valence electrons. The summed E-state index contributed by atoms with van der Waals surface area (Å²) in [6.45, 7) is 7.68. The van der Waals surface area contributed by atoms with Gasteiger partial charge in [-0.1, -0.05) is 12.1 Å². The molecule has 1 aromatic carbocycles.